The molecule has 0 radical (unpaired) electrons. The number of piperazine rings is 1. The second-order valence-corrected chi connectivity index (χ2v) is 11.0. The van der Waals surface area contributed by atoms with Crippen molar-refractivity contribution in [1.29, 1.82) is 0 Å². The van der Waals surface area contributed by atoms with Gasteiger partial charge >= 0.3 is 6.01 Å². The fraction of sp³-hybridized carbons (Fsp3) is 0.469. The first-order valence-electron chi connectivity index (χ1n) is 14.9. The van der Waals surface area contributed by atoms with E-state index in [9.17, 15) is 4.79 Å². The van der Waals surface area contributed by atoms with Crippen molar-refractivity contribution in [1.82, 2.24) is 19.8 Å². The molecule has 1 aromatic heterocycles. The second kappa shape index (κ2) is 12.8. The van der Waals surface area contributed by atoms with E-state index >= 15 is 0 Å². The molecule has 0 N–H and O–H groups in total. The van der Waals surface area contributed by atoms with E-state index in [1.165, 1.54) is 35.6 Å². The van der Waals surface area contributed by atoms with Crippen molar-refractivity contribution < 1.29 is 14.3 Å². The number of aldehydes is 1. The average Bonchev–Trinajstić information content (AvgIpc) is 3.03. The summed E-state index contributed by atoms with van der Waals surface area (Å²) < 4.78 is 11.9. The monoisotopic (exact) mass is 556 g/mol. The number of aromatic nitrogens is 2. The van der Waals surface area contributed by atoms with E-state index in [-0.39, 0.29) is 0 Å². The van der Waals surface area contributed by atoms with Crippen LogP contribution in [0.2, 0.25) is 0 Å². The first kappa shape index (κ1) is 27.3. The summed E-state index contributed by atoms with van der Waals surface area (Å²) in [5.74, 6) is 1.85. The highest BCUT2D eigenvalue weighted by Crippen LogP contribution is 2.36. The molecular formula is C32H40N6O3. The fourth-order valence-electron chi connectivity index (χ4n) is 6.25. The zero-order chi connectivity index (χ0) is 28.0. The standard InChI is InChI=1S/C32H40N6O3/c1-40-26-22-25-8-3-4-9-27(25)30(23-26)38-14-10-28-29(24-38)33-32(41-21-19-35-11-5-2-6-12-35)34-31(28)37-17-15-36(16-18-37)13-7-20-39/h3-4,7-9,13,20,22-23H,2,5-6,10-12,14-19,21,24H2,1H3. The molecule has 0 unspecified atom stereocenters. The van der Waals surface area contributed by atoms with Crippen LogP contribution in [0.4, 0.5) is 11.5 Å². The van der Waals surface area contributed by atoms with E-state index in [1.807, 2.05) is 6.20 Å². The van der Waals surface area contributed by atoms with Gasteiger partial charge in [-0.15, -0.1) is 0 Å². The lowest BCUT2D eigenvalue weighted by atomic mass is 10.0. The molecule has 6 rings (SSSR count). The van der Waals surface area contributed by atoms with Crippen molar-refractivity contribution in [3.63, 3.8) is 0 Å². The Bertz CT molecular complexity index is 1380. The van der Waals surface area contributed by atoms with E-state index in [2.05, 4.69) is 56.0 Å². The topological polar surface area (TPSA) is 74.3 Å². The lowest BCUT2D eigenvalue weighted by molar-refractivity contribution is -0.104. The number of likely N-dealkylation sites (tertiary alicyclic amines) is 1. The maximum absolute atomic E-state index is 10.8. The smallest absolute Gasteiger partial charge is 0.318 e. The van der Waals surface area contributed by atoms with Gasteiger partial charge in [-0.3, -0.25) is 9.69 Å². The van der Waals surface area contributed by atoms with Crippen molar-refractivity contribution in [2.45, 2.75) is 32.2 Å². The van der Waals surface area contributed by atoms with Gasteiger partial charge in [0.15, 0.2) is 0 Å². The van der Waals surface area contributed by atoms with Gasteiger partial charge in [0.1, 0.15) is 24.5 Å². The number of fused-ring (bicyclic) bond motifs is 2. The van der Waals surface area contributed by atoms with Gasteiger partial charge in [-0.1, -0.05) is 30.7 Å². The number of hydrogen-bond acceptors (Lipinski definition) is 9. The van der Waals surface area contributed by atoms with Crippen LogP contribution < -0.4 is 19.3 Å². The summed E-state index contributed by atoms with van der Waals surface area (Å²) in [6, 6.07) is 13.2. The number of allylic oxidation sites excluding steroid dienone is 1. The molecule has 4 heterocycles. The minimum Gasteiger partial charge on any atom is -0.497 e. The minimum atomic E-state index is 0.469. The maximum atomic E-state index is 10.8. The Morgan fingerprint density at radius 2 is 1.76 bits per heavy atom. The third kappa shape index (κ3) is 6.25. The number of nitrogens with zero attached hydrogens (tertiary/aromatic N) is 6. The van der Waals surface area contributed by atoms with Crippen LogP contribution in [0.3, 0.4) is 0 Å². The molecule has 0 spiro atoms. The van der Waals surface area contributed by atoms with E-state index in [0.717, 1.165) is 88.0 Å². The van der Waals surface area contributed by atoms with Gasteiger partial charge in [-0.25, -0.2) is 0 Å². The summed E-state index contributed by atoms with van der Waals surface area (Å²) in [7, 11) is 1.72. The molecule has 0 bridgehead atoms. The van der Waals surface area contributed by atoms with Gasteiger partial charge in [-0.2, -0.15) is 9.97 Å². The van der Waals surface area contributed by atoms with Gasteiger partial charge in [0, 0.05) is 68.2 Å². The van der Waals surface area contributed by atoms with E-state index in [1.54, 1.807) is 13.2 Å². The third-order valence-electron chi connectivity index (χ3n) is 8.49. The minimum absolute atomic E-state index is 0.469. The molecule has 0 saturated carbocycles. The Kier molecular flexibility index (Phi) is 8.51. The number of carbonyl (C=O) groups excluding carboxylic acids is 1. The number of carbonyl (C=O) groups is 1. The molecule has 0 amide bonds. The molecule has 9 nitrogen and oxygen atoms in total. The molecule has 3 aliphatic heterocycles. The van der Waals surface area contributed by atoms with Crippen molar-refractivity contribution in [2.24, 2.45) is 0 Å². The van der Waals surface area contributed by atoms with E-state index < -0.39 is 0 Å². The van der Waals surface area contributed by atoms with E-state index in [4.69, 9.17) is 19.4 Å². The van der Waals surface area contributed by atoms with Crippen LogP contribution in [0.5, 0.6) is 11.8 Å². The normalized spacial score (nSPS) is 18.1. The molecule has 3 aliphatic rings. The van der Waals surface area contributed by atoms with Crippen molar-refractivity contribution >= 4 is 28.6 Å². The average molecular weight is 557 g/mol. The number of rotatable bonds is 9. The fourth-order valence-corrected chi connectivity index (χ4v) is 6.25. The molecule has 2 fully saturated rings. The molecule has 2 aromatic carbocycles. The van der Waals surface area contributed by atoms with Gasteiger partial charge in [0.05, 0.1) is 19.3 Å². The van der Waals surface area contributed by atoms with Crippen LogP contribution in [0.1, 0.15) is 30.5 Å². The third-order valence-corrected chi connectivity index (χ3v) is 8.49. The van der Waals surface area contributed by atoms with Gasteiger partial charge in [0.2, 0.25) is 0 Å². The van der Waals surface area contributed by atoms with Crippen molar-refractivity contribution in [3.05, 3.63) is 59.9 Å². The SMILES string of the molecule is COc1cc(N2CCc3c(nc(OCCN4CCCCC4)nc3N3CCN(C=CC=O)CC3)C2)c2ccccc2c1. The molecule has 216 valence electrons. The van der Waals surface area contributed by atoms with Crippen LogP contribution in [0.25, 0.3) is 10.8 Å². The maximum Gasteiger partial charge on any atom is 0.318 e. The molecule has 9 heteroatoms. The lowest BCUT2D eigenvalue weighted by Gasteiger charge is -2.38. The first-order chi connectivity index (χ1) is 20.2. The molecule has 41 heavy (non-hydrogen) atoms. The Morgan fingerprint density at radius 3 is 2.56 bits per heavy atom. The van der Waals surface area contributed by atoms with Crippen molar-refractivity contribution in [3.8, 4) is 11.8 Å². The number of methoxy groups -OCH3 is 1. The summed E-state index contributed by atoms with van der Waals surface area (Å²) in [4.78, 5) is 30.2. The Balaban J connectivity index is 1.27. The Hall–Kier alpha value is -3.85. The summed E-state index contributed by atoms with van der Waals surface area (Å²) in [6.07, 6.45) is 8.99. The van der Waals surface area contributed by atoms with Gasteiger partial charge in [0.25, 0.3) is 0 Å². The van der Waals surface area contributed by atoms with Crippen molar-refractivity contribution in [2.75, 3.05) is 75.9 Å². The van der Waals surface area contributed by atoms with Crippen LogP contribution >= 0.6 is 0 Å². The highest BCUT2D eigenvalue weighted by Gasteiger charge is 2.28. The number of hydrogen-bond donors (Lipinski definition) is 0. The van der Waals surface area contributed by atoms with Gasteiger partial charge in [-0.05, 0) is 49.9 Å². The predicted octanol–water partition coefficient (Wildman–Crippen LogP) is 3.90. The van der Waals surface area contributed by atoms with E-state index in [0.29, 0.717) is 19.2 Å². The van der Waals surface area contributed by atoms with Crippen LogP contribution in [0.15, 0.2) is 48.7 Å². The van der Waals surface area contributed by atoms with Gasteiger partial charge < -0.3 is 24.2 Å². The highest BCUT2D eigenvalue weighted by atomic mass is 16.5. The zero-order valence-corrected chi connectivity index (χ0v) is 24.0. The largest absolute Gasteiger partial charge is 0.497 e. The second-order valence-electron chi connectivity index (χ2n) is 11.0. The summed E-state index contributed by atoms with van der Waals surface area (Å²) >= 11 is 0. The molecule has 0 aliphatic carbocycles. The summed E-state index contributed by atoms with van der Waals surface area (Å²) in [5.41, 5.74) is 3.41. The lowest BCUT2D eigenvalue weighted by Crippen LogP contribution is -2.45. The molecular weight excluding hydrogens is 516 g/mol. The summed E-state index contributed by atoms with van der Waals surface area (Å²) in [5, 5.41) is 2.38. The number of piperidine rings is 1. The highest BCUT2D eigenvalue weighted by molar-refractivity contribution is 5.95. The van der Waals surface area contributed by atoms with Crippen LogP contribution in [-0.4, -0.2) is 92.1 Å². The number of anilines is 2. The Labute approximate surface area is 242 Å². The quantitative estimate of drug-likeness (QED) is 0.288. The Morgan fingerprint density at radius 1 is 0.927 bits per heavy atom. The number of benzene rings is 2. The molecule has 3 aromatic rings. The van der Waals surface area contributed by atoms with Crippen LogP contribution in [0, 0.1) is 0 Å². The predicted molar refractivity (Wildman–Crippen MR) is 162 cm³/mol. The zero-order valence-electron chi connectivity index (χ0n) is 24.0. The first-order valence-corrected chi connectivity index (χ1v) is 14.9. The van der Waals surface area contributed by atoms with Crippen LogP contribution in [-0.2, 0) is 17.8 Å². The molecule has 2 saturated heterocycles. The number of ether oxygens (including phenoxy) is 2. The molecule has 0 atom stereocenters. The summed E-state index contributed by atoms with van der Waals surface area (Å²) in [6.45, 7) is 8.70.